The molecule has 0 heterocycles. The number of primary amides is 1. The fraction of sp³-hybridized carbons (Fsp3) is 0.364. The molecule has 0 unspecified atom stereocenters. The molecule has 0 fully saturated rings. The van der Waals surface area contributed by atoms with E-state index in [-0.39, 0.29) is 28.6 Å². The number of hydrogen-bond donors (Lipinski definition) is 1. The van der Waals surface area contributed by atoms with Crippen LogP contribution in [0.5, 0.6) is 0 Å². The summed E-state index contributed by atoms with van der Waals surface area (Å²) in [7, 11) is -3.39. The second-order valence-electron chi connectivity index (χ2n) is 3.79. The van der Waals surface area contributed by atoms with Crippen LogP contribution in [0, 0.1) is 11.6 Å². The molecule has 0 atom stereocenters. The van der Waals surface area contributed by atoms with E-state index in [2.05, 4.69) is 0 Å². The average molecular weight is 309 g/mol. The lowest BCUT2D eigenvalue weighted by atomic mass is 10.3. The highest BCUT2D eigenvalue weighted by atomic mass is 32.2. The number of thioether (sulfide) groups is 1. The van der Waals surface area contributed by atoms with Crippen molar-refractivity contribution in [3.8, 4) is 0 Å². The number of carbonyl (C=O) groups is 1. The van der Waals surface area contributed by atoms with Gasteiger partial charge in [-0.05, 0) is 12.1 Å². The molecular weight excluding hydrogens is 296 g/mol. The molecule has 1 amide bonds. The summed E-state index contributed by atoms with van der Waals surface area (Å²) in [4.78, 5) is 10.7. The minimum absolute atomic E-state index is 0.129. The normalized spacial score (nSPS) is 11.5. The van der Waals surface area contributed by atoms with Crippen molar-refractivity contribution in [1.82, 2.24) is 0 Å². The number of sulfone groups is 1. The number of benzene rings is 1. The van der Waals surface area contributed by atoms with Crippen LogP contribution in [0.25, 0.3) is 0 Å². The van der Waals surface area contributed by atoms with E-state index in [0.717, 1.165) is 23.9 Å². The lowest BCUT2D eigenvalue weighted by Crippen LogP contribution is -2.19. The Hall–Kier alpha value is -1.15. The van der Waals surface area contributed by atoms with Gasteiger partial charge in [-0.15, -0.1) is 11.8 Å². The first-order chi connectivity index (χ1) is 8.80. The SMILES string of the molecule is NC(=O)CCS(=O)(=O)CCSc1ccc(F)cc1F. The number of halogens is 2. The Kier molecular flexibility index (Phi) is 5.74. The van der Waals surface area contributed by atoms with E-state index >= 15 is 0 Å². The molecule has 4 nitrogen and oxygen atoms in total. The molecule has 1 rings (SSSR count). The predicted octanol–water partition coefficient (Wildman–Crippen LogP) is 1.35. The summed E-state index contributed by atoms with van der Waals surface area (Å²) in [5.41, 5.74) is 4.86. The standard InChI is InChI=1S/C11H13F2NO3S2/c12-8-1-2-10(9(13)7-8)18-4-6-19(16,17)5-3-11(14)15/h1-2,7H,3-6H2,(H2,14,15). The molecule has 0 spiro atoms. The highest BCUT2D eigenvalue weighted by Gasteiger charge is 2.13. The summed E-state index contributed by atoms with van der Waals surface area (Å²) >= 11 is 0.980. The maximum Gasteiger partial charge on any atom is 0.218 e. The van der Waals surface area contributed by atoms with E-state index in [0.29, 0.717) is 0 Å². The summed E-state index contributed by atoms with van der Waals surface area (Å²) in [6.07, 6.45) is -0.224. The molecular formula is C11H13F2NO3S2. The van der Waals surface area contributed by atoms with Gasteiger partial charge in [-0.2, -0.15) is 0 Å². The van der Waals surface area contributed by atoms with Gasteiger partial charge in [0.2, 0.25) is 5.91 Å². The third-order valence-corrected chi connectivity index (χ3v) is 5.17. The molecule has 19 heavy (non-hydrogen) atoms. The zero-order chi connectivity index (χ0) is 14.5. The minimum atomic E-state index is -3.39. The zero-order valence-electron chi connectivity index (χ0n) is 9.93. The molecule has 0 saturated carbocycles. The zero-order valence-corrected chi connectivity index (χ0v) is 11.6. The number of amides is 1. The van der Waals surface area contributed by atoms with Gasteiger partial charge < -0.3 is 5.73 Å². The van der Waals surface area contributed by atoms with Crippen LogP contribution >= 0.6 is 11.8 Å². The topological polar surface area (TPSA) is 77.2 Å². The second kappa shape index (κ2) is 6.85. The monoisotopic (exact) mass is 309 g/mol. The molecule has 1 aromatic carbocycles. The van der Waals surface area contributed by atoms with Crippen LogP contribution in [-0.4, -0.2) is 31.6 Å². The largest absolute Gasteiger partial charge is 0.370 e. The van der Waals surface area contributed by atoms with Crippen molar-refractivity contribution in [3.63, 3.8) is 0 Å². The first-order valence-corrected chi connectivity index (χ1v) is 8.17. The highest BCUT2D eigenvalue weighted by Crippen LogP contribution is 2.22. The number of rotatable bonds is 7. The number of carbonyl (C=O) groups excluding carboxylic acids is 1. The molecule has 0 radical (unpaired) electrons. The van der Waals surface area contributed by atoms with Gasteiger partial charge in [0.05, 0.1) is 11.5 Å². The lowest BCUT2D eigenvalue weighted by molar-refractivity contribution is -0.117. The van der Waals surface area contributed by atoms with Crippen molar-refractivity contribution in [2.75, 3.05) is 17.3 Å². The summed E-state index contributed by atoms with van der Waals surface area (Å²) in [5.74, 6) is -2.46. The second-order valence-corrected chi connectivity index (χ2v) is 7.23. The van der Waals surface area contributed by atoms with E-state index in [1.807, 2.05) is 0 Å². The molecule has 106 valence electrons. The van der Waals surface area contributed by atoms with Crippen molar-refractivity contribution < 1.29 is 22.0 Å². The van der Waals surface area contributed by atoms with Gasteiger partial charge in [0.25, 0.3) is 0 Å². The van der Waals surface area contributed by atoms with Gasteiger partial charge in [-0.3, -0.25) is 4.79 Å². The van der Waals surface area contributed by atoms with E-state index < -0.39 is 27.4 Å². The van der Waals surface area contributed by atoms with Crippen LogP contribution in [0.3, 0.4) is 0 Å². The molecule has 0 aliphatic heterocycles. The van der Waals surface area contributed by atoms with Gasteiger partial charge >= 0.3 is 0 Å². The summed E-state index contributed by atoms with van der Waals surface area (Å²) in [5, 5.41) is 0. The van der Waals surface area contributed by atoms with Crippen molar-refractivity contribution >= 4 is 27.5 Å². The Balaban J connectivity index is 2.47. The maximum absolute atomic E-state index is 13.3. The predicted molar refractivity (Wildman–Crippen MR) is 69.5 cm³/mol. The Labute approximate surface area is 114 Å². The molecule has 8 heteroatoms. The van der Waals surface area contributed by atoms with Gasteiger partial charge in [0, 0.05) is 23.1 Å². The third-order valence-electron chi connectivity index (χ3n) is 2.21. The summed E-state index contributed by atoms with van der Waals surface area (Å²) in [6, 6.07) is 3.10. The lowest BCUT2D eigenvalue weighted by Gasteiger charge is -2.04. The Bertz CT molecular complexity index is 561. The van der Waals surface area contributed by atoms with Crippen LogP contribution in [-0.2, 0) is 14.6 Å². The molecule has 0 aliphatic carbocycles. The Morgan fingerprint density at radius 2 is 1.95 bits per heavy atom. The van der Waals surface area contributed by atoms with Crippen LogP contribution in [0.1, 0.15) is 6.42 Å². The Morgan fingerprint density at radius 3 is 2.53 bits per heavy atom. The molecule has 0 bridgehead atoms. The number of nitrogens with two attached hydrogens (primary N) is 1. The van der Waals surface area contributed by atoms with E-state index in [9.17, 15) is 22.0 Å². The molecule has 2 N–H and O–H groups in total. The highest BCUT2D eigenvalue weighted by molar-refractivity contribution is 8.00. The van der Waals surface area contributed by atoms with Crippen LogP contribution in [0.2, 0.25) is 0 Å². The van der Waals surface area contributed by atoms with Crippen molar-refractivity contribution in [2.45, 2.75) is 11.3 Å². The summed E-state index contributed by atoms with van der Waals surface area (Å²) < 4.78 is 48.9. The van der Waals surface area contributed by atoms with Gasteiger partial charge in [-0.25, -0.2) is 17.2 Å². The Morgan fingerprint density at radius 1 is 1.26 bits per heavy atom. The quantitative estimate of drug-likeness (QED) is 0.771. The fourth-order valence-corrected chi connectivity index (χ4v) is 3.88. The first-order valence-electron chi connectivity index (χ1n) is 5.37. The molecule has 1 aromatic rings. The van der Waals surface area contributed by atoms with Crippen molar-refractivity contribution in [2.24, 2.45) is 5.73 Å². The smallest absolute Gasteiger partial charge is 0.218 e. The van der Waals surface area contributed by atoms with E-state index in [1.165, 1.54) is 6.07 Å². The van der Waals surface area contributed by atoms with E-state index in [1.54, 1.807) is 0 Å². The van der Waals surface area contributed by atoms with E-state index in [4.69, 9.17) is 5.73 Å². The molecule has 0 aliphatic rings. The molecule has 0 saturated heterocycles. The minimum Gasteiger partial charge on any atom is -0.370 e. The van der Waals surface area contributed by atoms with Crippen molar-refractivity contribution in [3.05, 3.63) is 29.8 Å². The van der Waals surface area contributed by atoms with Gasteiger partial charge in [0.15, 0.2) is 9.84 Å². The fourth-order valence-electron chi connectivity index (χ4n) is 1.23. The van der Waals surface area contributed by atoms with Crippen LogP contribution in [0.4, 0.5) is 8.78 Å². The molecule has 0 aromatic heterocycles. The van der Waals surface area contributed by atoms with Crippen LogP contribution in [0.15, 0.2) is 23.1 Å². The van der Waals surface area contributed by atoms with Gasteiger partial charge in [0.1, 0.15) is 11.6 Å². The number of hydrogen-bond acceptors (Lipinski definition) is 4. The first kappa shape index (κ1) is 15.9. The van der Waals surface area contributed by atoms with Crippen molar-refractivity contribution in [1.29, 1.82) is 0 Å². The third kappa shape index (κ3) is 6.02. The summed E-state index contributed by atoms with van der Waals surface area (Å²) in [6.45, 7) is 0. The maximum atomic E-state index is 13.3. The van der Waals surface area contributed by atoms with Crippen LogP contribution < -0.4 is 5.73 Å². The van der Waals surface area contributed by atoms with Gasteiger partial charge in [-0.1, -0.05) is 0 Å². The average Bonchev–Trinajstić information content (AvgIpc) is 2.29.